The molecule has 0 saturated carbocycles. The summed E-state index contributed by atoms with van der Waals surface area (Å²) in [6.45, 7) is 3.93. The fourth-order valence-corrected chi connectivity index (χ4v) is 1.17. The molecule has 0 aromatic carbocycles. The first-order valence-electron chi connectivity index (χ1n) is 4.40. The molecule has 1 unspecified atom stereocenters. The molecule has 0 amide bonds. The number of carboxylic acids is 1. The number of aromatic amines is 1. The maximum absolute atomic E-state index is 10.5. The molecule has 1 atom stereocenters. The second-order valence-corrected chi connectivity index (χ2v) is 3.46. The van der Waals surface area contributed by atoms with Crippen LogP contribution in [-0.4, -0.2) is 32.5 Å². The van der Waals surface area contributed by atoms with Crippen molar-refractivity contribution in [2.45, 2.75) is 32.2 Å². The third-order valence-corrected chi connectivity index (χ3v) is 1.93. The molecular formula is C8H14N4O2. The number of hydrogen-bond acceptors (Lipinski definition) is 4. The summed E-state index contributed by atoms with van der Waals surface area (Å²) >= 11 is 0. The summed E-state index contributed by atoms with van der Waals surface area (Å²) in [5.41, 5.74) is 6.81. The average molecular weight is 198 g/mol. The van der Waals surface area contributed by atoms with Gasteiger partial charge in [-0.05, 0) is 5.92 Å². The number of rotatable bonds is 4. The smallest absolute Gasteiger partial charge is 0.320 e. The maximum Gasteiger partial charge on any atom is 0.320 e. The van der Waals surface area contributed by atoms with E-state index in [-0.39, 0.29) is 12.3 Å². The van der Waals surface area contributed by atoms with E-state index in [4.69, 9.17) is 10.8 Å². The summed E-state index contributed by atoms with van der Waals surface area (Å²) in [4.78, 5) is 10.5. The van der Waals surface area contributed by atoms with E-state index in [1.54, 1.807) is 0 Å². The number of nitrogens with one attached hydrogen (secondary N) is 1. The second-order valence-electron chi connectivity index (χ2n) is 3.46. The van der Waals surface area contributed by atoms with Crippen LogP contribution in [0.5, 0.6) is 0 Å². The lowest BCUT2D eigenvalue weighted by Gasteiger charge is -2.06. The molecule has 0 radical (unpaired) electrons. The summed E-state index contributed by atoms with van der Waals surface area (Å²) < 4.78 is 0. The highest BCUT2D eigenvalue weighted by Gasteiger charge is 2.18. The van der Waals surface area contributed by atoms with Gasteiger partial charge in [0.1, 0.15) is 6.04 Å². The van der Waals surface area contributed by atoms with Crippen molar-refractivity contribution in [2.24, 2.45) is 5.73 Å². The molecule has 0 fully saturated rings. The minimum absolute atomic E-state index is 0.208. The van der Waals surface area contributed by atoms with Gasteiger partial charge in [0.2, 0.25) is 0 Å². The van der Waals surface area contributed by atoms with Gasteiger partial charge in [0, 0.05) is 6.42 Å². The van der Waals surface area contributed by atoms with E-state index in [9.17, 15) is 4.79 Å². The largest absolute Gasteiger partial charge is 0.480 e. The molecule has 78 valence electrons. The molecule has 1 rings (SSSR count). The van der Waals surface area contributed by atoms with E-state index in [0.717, 1.165) is 5.69 Å². The summed E-state index contributed by atoms with van der Waals surface area (Å²) in [6.07, 6.45) is 0.208. The van der Waals surface area contributed by atoms with Crippen LogP contribution in [0.25, 0.3) is 0 Å². The lowest BCUT2D eigenvalue weighted by molar-refractivity contribution is -0.138. The monoisotopic (exact) mass is 198 g/mol. The van der Waals surface area contributed by atoms with Gasteiger partial charge >= 0.3 is 5.97 Å². The van der Waals surface area contributed by atoms with Crippen molar-refractivity contribution in [3.63, 3.8) is 0 Å². The molecule has 0 aliphatic carbocycles. The van der Waals surface area contributed by atoms with Crippen LogP contribution in [0.4, 0.5) is 0 Å². The number of carboxylic acid groups (broad SMARTS) is 1. The van der Waals surface area contributed by atoms with Gasteiger partial charge in [0.25, 0.3) is 0 Å². The van der Waals surface area contributed by atoms with Crippen molar-refractivity contribution in [2.75, 3.05) is 0 Å². The fraction of sp³-hybridized carbons (Fsp3) is 0.625. The van der Waals surface area contributed by atoms with Crippen LogP contribution in [0, 0.1) is 0 Å². The zero-order valence-corrected chi connectivity index (χ0v) is 8.19. The van der Waals surface area contributed by atoms with Crippen LogP contribution in [0.3, 0.4) is 0 Å². The Bertz CT molecular complexity index is 321. The van der Waals surface area contributed by atoms with E-state index in [0.29, 0.717) is 5.69 Å². The Kier molecular flexibility index (Phi) is 3.19. The van der Waals surface area contributed by atoms with Crippen molar-refractivity contribution < 1.29 is 9.90 Å². The summed E-state index contributed by atoms with van der Waals surface area (Å²) in [7, 11) is 0. The topological polar surface area (TPSA) is 105 Å². The quantitative estimate of drug-likeness (QED) is 0.625. The molecule has 0 aliphatic rings. The van der Waals surface area contributed by atoms with Gasteiger partial charge in [-0.25, -0.2) is 0 Å². The van der Waals surface area contributed by atoms with Gasteiger partial charge in [0.05, 0.1) is 11.4 Å². The Labute approximate surface area is 81.5 Å². The maximum atomic E-state index is 10.5. The van der Waals surface area contributed by atoms with E-state index in [2.05, 4.69) is 15.4 Å². The fourth-order valence-electron chi connectivity index (χ4n) is 1.17. The van der Waals surface area contributed by atoms with Gasteiger partial charge in [-0.15, -0.1) is 0 Å². The molecule has 6 nitrogen and oxygen atoms in total. The number of carbonyl (C=O) groups is 1. The number of nitrogens with zero attached hydrogens (tertiary/aromatic N) is 2. The Morgan fingerprint density at radius 3 is 2.71 bits per heavy atom. The molecule has 0 spiro atoms. The second kappa shape index (κ2) is 4.19. The number of nitrogens with two attached hydrogens (primary N) is 1. The first-order valence-corrected chi connectivity index (χ1v) is 4.40. The summed E-state index contributed by atoms with van der Waals surface area (Å²) in [6, 6.07) is -0.919. The van der Waals surface area contributed by atoms with Crippen LogP contribution in [-0.2, 0) is 11.2 Å². The highest BCUT2D eigenvalue weighted by atomic mass is 16.4. The molecule has 4 N–H and O–H groups in total. The molecule has 6 heteroatoms. The van der Waals surface area contributed by atoms with E-state index in [1.807, 2.05) is 13.8 Å². The standard InChI is InChI=1S/C8H14N4O2/c1-4(2)7-6(10-12-11-7)3-5(9)8(13)14/h4-5H,3,9H2,1-2H3,(H,13,14)(H,10,11,12). The summed E-state index contributed by atoms with van der Waals surface area (Å²) in [5.74, 6) is -0.813. The van der Waals surface area contributed by atoms with Crippen molar-refractivity contribution in [3.8, 4) is 0 Å². The highest BCUT2D eigenvalue weighted by molar-refractivity contribution is 5.73. The Balaban J connectivity index is 2.76. The molecule has 1 heterocycles. The van der Waals surface area contributed by atoms with E-state index in [1.165, 1.54) is 0 Å². The van der Waals surface area contributed by atoms with Crippen molar-refractivity contribution >= 4 is 5.97 Å². The zero-order valence-electron chi connectivity index (χ0n) is 8.19. The first kappa shape index (κ1) is 10.6. The predicted molar refractivity (Wildman–Crippen MR) is 49.8 cm³/mol. The third kappa shape index (κ3) is 2.29. The number of aliphatic carboxylic acids is 1. The lowest BCUT2D eigenvalue weighted by Crippen LogP contribution is -2.32. The lowest BCUT2D eigenvalue weighted by atomic mass is 10.0. The van der Waals surface area contributed by atoms with Crippen LogP contribution in [0.2, 0.25) is 0 Å². The number of aromatic nitrogens is 3. The molecule has 1 aromatic rings. The first-order chi connectivity index (χ1) is 6.52. The van der Waals surface area contributed by atoms with E-state index < -0.39 is 12.0 Å². The van der Waals surface area contributed by atoms with E-state index >= 15 is 0 Å². The van der Waals surface area contributed by atoms with Crippen LogP contribution < -0.4 is 5.73 Å². The van der Waals surface area contributed by atoms with Gasteiger partial charge < -0.3 is 10.8 Å². The van der Waals surface area contributed by atoms with Crippen LogP contribution in [0.1, 0.15) is 31.2 Å². The Morgan fingerprint density at radius 2 is 2.21 bits per heavy atom. The molecule has 1 aromatic heterocycles. The van der Waals surface area contributed by atoms with Gasteiger partial charge in [-0.1, -0.05) is 13.8 Å². The van der Waals surface area contributed by atoms with Crippen molar-refractivity contribution in [1.29, 1.82) is 0 Å². The average Bonchev–Trinajstić information content (AvgIpc) is 2.52. The molecular weight excluding hydrogens is 184 g/mol. The van der Waals surface area contributed by atoms with Gasteiger partial charge in [0.15, 0.2) is 0 Å². The third-order valence-electron chi connectivity index (χ3n) is 1.93. The van der Waals surface area contributed by atoms with Gasteiger partial charge in [-0.2, -0.15) is 15.4 Å². The van der Waals surface area contributed by atoms with Gasteiger partial charge in [-0.3, -0.25) is 4.79 Å². The minimum Gasteiger partial charge on any atom is -0.480 e. The number of H-pyrrole nitrogens is 1. The minimum atomic E-state index is -1.03. The van der Waals surface area contributed by atoms with Crippen LogP contribution in [0.15, 0.2) is 0 Å². The van der Waals surface area contributed by atoms with Crippen LogP contribution >= 0.6 is 0 Å². The molecule has 14 heavy (non-hydrogen) atoms. The molecule has 0 aliphatic heterocycles. The van der Waals surface area contributed by atoms with Crippen molar-refractivity contribution in [1.82, 2.24) is 15.4 Å². The number of hydrogen-bond donors (Lipinski definition) is 3. The zero-order chi connectivity index (χ0) is 10.7. The highest BCUT2D eigenvalue weighted by Crippen LogP contribution is 2.14. The predicted octanol–water partition coefficient (Wildman–Crippen LogP) is -0.117. The Morgan fingerprint density at radius 1 is 1.57 bits per heavy atom. The molecule has 0 bridgehead atoms. The SMILES string of the molecule is CC(C)c1n[nH]nc1CC(N)C(=O)O. The molecule has 0 saturated heterocycles. The van der Waals surface area contributed by atoms with Crippen molar-refractivity contribution in [3.05, 3.63) is 11.4 Å². The summed E-state index contributed by atoms with van der Waals surface area (Å²) in [5, 5.41) is 18.9. The Hall–Kier alpha value is -1.43. The normalized spacial score (nSPS) is 13.1.